The molecular weight excluding hydrogens is 324 g/mol. The predicted octanol–water partition coefficient (Wildman–Crippen LogP) is 4.74. The molecule has 0 amide bonds. The highest BCUT2D eigenvalue weighted by Crippen LogP contribution is 2.23. The maximum atomic E-state index is 12.4. The van der Waals surface area contributed by atoms with Crippen molar-refractivity contribution in [2.45, 2.75) is 13.8 Å². The van der Waals surface area contributed by atoms with Crippen LogP contribution >= 0.6 is 0 Å². The van der Waals surface area contributed by atoms with Crippen molar-refractivity contribution in [3.8, 4) is 0 Å². The Labute approximate surface area is 153 Å². The highest BCUT2D eigenvalue weighted by molar-refractivity contribution is 6.14. The second kappa shape index (κ2) is 8.21. The van der Waals surface area contributed by atoms with Crippen LogP contribution in [0.3, 0.4) is 0 Å². The minimum absolute atomic E-state index is 0.313. The Kier molecular flexibility index (Phi) is 5.54. The molecule has 0 aliphatic rings. The number of carbonyl (C=O) groups excluding carboxylic acids is 1. The number of rotatable bonds is 5. The van der Waals surface area contributed by atoms with Crippen LogP contribution < -0.4 is 0 Å². The molecule has 3 aromatic rings. The zero-order valence-corrected chi connectivity index (χ0v) is 14.8. The number of hydrogen-bond acceptors (Lipinski definition) is 4. The zero-order chi connectivity index (χ0) is 18.4. The quantitative estimate of drug-likeness (QED) is 0.496. The Morgan fingerprint density at radius 2 is 1.58 bits per heavy atom. The van der Waals surface area contributed by atoms with Crippen molar-refractivity contribution in [3.63, 3.8) is 0 Å². The molecule has 0 spiro atoms. The molecule has 0 aliphatic heterocycles. The number of esters is 1. The molecule has 0 radical (unpaired) electrons. The monoisotopic (exact) mass is 344 g/mol. The number of pyridine rings is 1. The molecule has 4 heteroatoms. The van der Waals surface area contributed by atoms with E-state index >= 15 is 0 Å². The summed E-state index contributed by atoms with van der Waals surface area (Å²) in [7, 11) is 0. The van der Waals surface area contributed by atoms with Gasteiger partial charge in [-0.2, -0.15) is 0 Å². The molecule has 0 bridgehead atoms. The van der Waals surface area contributed by atoms with E-state index in [0.717, 1.165) is 22.5 Å². The fraction of sp³-hybridized carbons (Fsp3) is 0.136. The molecular formula is C22H20N2O2. The number of aliphatic imine (C=N–C) groups is 1. The van der Waals surface area contributed by atoms with E-state index in [9.17, 15) is 4.79 Å². The lowest BCUT2D eigenvalue weighted by Gasteiger charge is -2.10. The van der Waals surface area contributed by atoms with Crippen LogP contribution in [0.1, 0.15) is 34.1 Å². The third kappa shape index (κ3) is 4.03. The Hall–Kier alpha value is -3.27. The van der Waals surface area contributed by atoms with Crippen LogP contribution in [0.5, 0.6) is 0 Å². The second-order valence-corrected chi connectivity index (χ2v) is 5.76. The van der Waals surface area contributed by atoms with Gasteiger partial charge >= 0.3 is 5.97 Å². The van der Waals surface area contributed by atoms with Gasteiger partial charge in [0, 0.05) is 16.8 Å². The summed E-state index contributed by atoms with van der Waals surface area (Å²) in [5.74, 6) is -0.391. The molecule has 0 fully saturated rings. The highest BCUT2D eigenvalue weighted by atomic mass is 16.5. The molecule has 26 heavy (non-hydrogen) atoms. The normalized spacial score (nSPS) is 10.2. The first kappa shape index (κ1) is 17.5. The van der Waals surface area contributed by atoms with E-state index in [1.807, 2.05) is 67.6 Å². The SMILES string of the molecule is CCOC(=O)c1cc(C)ncc1N=C(c1ccccc1)c1ccccc1. The van der Waals surface area contributed by atoms with Gasteiger partial charge in [0.1, 0.15) is 0 Å². The molecule has 4 nitrogen and oxygen atoms in total. The Morgan fingerprint density at radius 1 is 1.00 bits per heavy atom. The average Bonchev–Trinajstić information content (AvgIpc) is 2.68. The summed E-state index contributed by atoms with van der Waals surface area (Å²) in [6.45, 7) is 3.94. The van der Waals surface area contributed by atoms with Crippen LogP contribution in [-0.4, -0.2) is 23.3 Å². The molecule has 0 aliphatic carbocycles. The smallest absolute Gasteiger partial charge is 0.340 e. The van der Waals surface area contributed by atoms with Gasteiger partial charge in [-0.25, -0.2) is 9.79 Å². The first-order valence-electron chi connectivity index (χ1n) is 8.52. The van der Waals surface area contributed by atoms with E-state index in [1.54, 1.807) is 19.2 Å². The third-order valence-electron chi connectivity index (χ3n) is 3.84. The van der Waals surface area contributed by atoms with Gasteiger partial charge in [-0.3, -0.25) is 4.98 Å². The van der Waals surface area contributed by atoms with Gasteiger partial charge in [0.2, 0.25) is 0 Å². The summed E-state index contributed by atoms with van der Waals surface area (Å²) < 4.78 is 5.18. The van der Waals surface area contributed by atoms with Crippen LogP contribution in [-0.2, 0) is 4.74 Å². The van der Waals surface area contributed by atoms with Crippen molar-refractivity contribution in [2.75, 3.05) is 6.61 Å². The maximum absolute atomic E-state index is 12.4. The van der Waals surface area contributed by atoms with Crippen molar-refractivity contribution in [3.05, 3.63) is 95.3 Å². The van der Waals surface area contributed by atoms with Crippen molar-refractivity contribution in [2.24, 2.45) is 4.99 Å². The molecule has 1 aromatic heterocycles. The molecule has 3 rings (SSSR count). The van der Waals surface area contributed by atoms with E-state index in [4.69, 9.17) is 9.73 Å². The summed E-state index contributed by atoms with van der Waals surface area (Å²) in [4.78, 5) is 21.5. The molecule has 130 valence electrons. The lowest BCUT2D eigenvalue weighted by molar-refractivity contribution is 0.0527. The highest BCUT2D eigenvalue weighted by Gasteiger charge is 2.15. The first-order chi connectivity index (χ1) is 12.7. The average molecular weight is 344 g/mol. The van der Waals surface area contributed by atoms with Crippen LogP contribution in [0.15, 0.2) is 77.9 Å². The number of carbonyl (C=O) groups is 1. The molecule has 0 atom stereocenters. The van der Waals surface area contributed by atoms with Gasteiger partial charge in [0.25, 0.3) is 0 Å². The van der Waals surface area contributed by atoms with Gasteiger partial charge < -0.3 is 4.74 Å². The largest absolute Gasteiger partial charge is 0.462 e. The molecule has 0 unspecified atom stereocenters. The van der Waals surface area contributed by atoms with Crippen molar-refractivity contribution < 1.29 is 9.53 Å². The minimum atomic E-state index is -0.391. The fourth-order valence-electron chi connectivity index (χ4n) is 2.62. The summed E-state index contributed by atoms with van der Waals surface area (Å²) >= 11 is 0. The Balaban J connectivity index is 2.16. The van der Waals surface area contributed by atoms with Gasteiger partial charge in [-0.15, -0.1) is 0 Å². The lowest BCUT2D eigenvalue weighted by Crippen LogP contribution is -2.08. The van der Waals surface area contributed by atoms with E-state index < -0.39 is 5.97 Å². The lowest BCUT2D eigenvalue weighted by atomic mass is 10.0. The van der Waals surface area contributed by atoms with Gasteiger partial charge in [-0.1, -0.05) is 60.7 Å². The fourth-order valence-corrected chi connectivity index (χ4v) is 2.62. The van der Waals surface area contributed by atoms with Crippen molar-refractivity contribution in [1.29, 1.82) is 0 Å². The zero-order valence-electron chi connectivity index (χ0n) is 14.8. The van der Waals surface area contributed by atoms with Crippen LogP contribution in [0.4, 0.5) is 5.69 Å². The van der Waals surface area contributed by atoms with E-state index in [1.165, 1.54) is 0 Å². The molecule has 0 saturated heterocycles. The molecule has 1 heterocycles. The number of benzene rings is 2. The minimum Gasteiger partial charge on any atom is -0.462 e. The molecule has 0 saturated carbocycles. The first-order valence-corrected chi connectivity index (χ1v) is 8.52. The van der Waals surface area contributed by atoms with Gasteiger partial charge in [-0.05, 0) is 19.9 Å². The van der Waals surface area contributed by atoms with E-state index in [0.29, 0.717) is 17.9 Å². The second-order valence-electron chi connectivity index (χ2n) is 5.76. The molecule has 0 N–H and O–H groups in total. The number of aryl methyl sites for hydroxylation is 1. The molecule has 2 aromatic carbocycles. The van der Waals surface area contributed by atoms with Gasteiger partial charge in [0.05, 0.1) is 29.8 Å². The van der Waals surface area contributed by atoms with Crippen molar-refractivity contribution in [1.82, 2.24) is 4.98 Å². The number of hydrogen-bond donors (Lipinski definition) is 0. The summed E-state index contributed by atoms with van der Waals surface area (Å²) in [5.41, 5.74) is 4.37. The number of nitrogens with zero attached hydrogens (tertiary/aromatic N) is 2. The predicted molar refractivity (Wildman–Crippen MR) is 103 cm³/mol. The van der Waals surface area contributed by atoms with E-state index in [-0.39, 0.29) is 0 Å². The Morgan fingerprint density at radius 3 is 2.12 bits per heavy atom. The summed E-state index contributed by atoms with van der Waals surface area (Å²) in [5, 5.41) is 0. The van der Waals surface area contributed by atoms with Gasteiger partial charge in [0.15, 0.2) is 0 Å². The van der Waals surface area contributed by atoms with Crippen LogP contribution in [0, 0.1) is 6.92 Å². The van der Waals surface area contributed by atoms with Crippen LogP contribution in [0.2, 0.25) is 0 Å². The summed E-state index contributed by atoms with van der Waals surface area (Å²) in [6, 6.07) is 21.5. The van der Waals surface area contributed by atoms with Crippen LogP contribution in [0.25, 0.3) is 0 Å². The maximum Gasteiger partial charge on any atom is 0.340 e. The summed E-state index contributed by atoms with van der Waals surface area (Å²) in [6.07, 6.45) is 1.62. The third-order valence-corrected chi connectivity index (χ3v) is 3.84. The number of ether oxygens (including phenoxy) is 1. The Bertz CT molecular complexity index is 878. The standard InChI is InChI=1S/C22H20N2O2/c1-3-26-22(25)19-14-16(2)23-15-20(19)24-21(17-10-6-4-7-11-17)18-12-8-5-9-13-18/h4-15H,3H2,1-2H3. The number of aromatic nitrogens is 1. The van der Waals surface area contributed by atoms with E-state index in [2.05, 4.69) is 4.98 Å². The topological polar surface area (TPSA) is 51.5 Å². The van der Waals surface area contributed by atoms with Crippen molar-refractivity contribution >= 4 is 17.4 Å².